The lowest BCUT2D eigenvalue weighted by Gasteiger charge is -2.05. The van der Waals surface area contributed by atoms with Crippen LogP contribution in [-0.2, 0) is 6.61 Å². The van der Waals surface area contributed by atoms with Gasteiger partial charge in [0.1, 0.15) is 35.4 Å². The minimum Gasteiger partial charge on any atom is -0.508 e. The Morgan fingerprint density at radius 1 is 1.12 bits per heavy atom. The average Bonchev–Trinajstić information content (AvgIpc) is 3.07. The van der Waals surface area contributed by atoms with Crippen molar-refractivity contribution in [3.05, 3.63) is 82.8 Å². The van der Waals surface area contributed by atoms with Gasteiger partial charge in [-0.1, -0.05) is 23.7 Å². The molecule has 0 aliphatic heterocycles. The van der Waals surface area contributed by atoms with Crippen LogP contribution in [-0.4, -0.2) is 16.0 Å². The Balaban J connectivity index is 1.63. The summed E-state index contributed by atoms with van der Waals surface area (Å²) >= 11 is 6.02. The molecule has 26 heavy (non-hydrogen) atoms. The van der Waals surface area contributed by atoms with E-state index in [0.29, 0.717) is 22.3 Å². The van der Waals surface area contributed by atoms with Gasteiger partial charge in [-0.05, 0) is 48.6 Å². The highest BCUT2D eigenvalue weighted by molar-refractivity contribution is 6.32. The van der Waals surface area contributed by atoms with E-state index in [4.69, 9.17) is 20.8 Å². The maximum atomic E-state index is 12.1. The van der Waals surface area contributed by atoms with Gasteiger partial charge >= 0.3 is 0 Å². The highest BCUT2D eigenvalue weighted by Crippen LogP contribution is 2.25. The Kier molecular flexibility index (Phi) is 5.29. The van der Waals surface area contributed by atoms with E-state index in [1.54, 1.807) is 24.3 Å². The van der Waals surface area contributed by atoms with Gasteiger partial charge in [0.2, 0.25) is 0 Å². The topological polar surface area (TPSA) is 79.9 Å². The number of carbonyl (C=O) groups excluding carboxylic acids is 1. The van der Waals surface area contributed by atoms with Gasteiger partial charge in [-0.3, -0.25) is 4.79 Å². The summed E-state index contributed by atoms with van der Waals surface area (Å²) in [5.41, 5.74) is 0.0906. The van der Waals surface area contributed by atoms with E-state index in [1.807, 2.05) is 12.1 Å². The Bertz CT molecular complexity index is 958. The summed E-state index contributed by atoms with van der Waals surface area (Å²) in [6.07, 6.45) is 2.78. The maximum absolute atomic E-state index is 12.1. The number of halogens is 1. The van der Waals surface area contributed by atoms with Crippen LogP contribution in [0.15, 0.2) is 65.1 Å². The van der Waals surface area contributed by atoms with Gasteiger partial charge in [0, 0.05) is 6.07 Å². The van der Waals surface area contributed by atoms with Crippen molar-refractivity contribution in [2.24, 2.45) is 0 Å². The SMILES string of the molecule is O=C(/C=C/c1ccc(COc2ccccc2Cl)o1)c1ccc(O)cc1O. The van der Waals surface area contributed by atoms with Gasteiger partial charge in [-0.15, -0.1) is 0 Å². The number of aromatic hydroxyl groups is 2. The van der Waals surface area contributed by atoms with Gasteiger partial charge in [-0.25, -0.2) is 0 Å². The minimum atomic E-state index is -0.409. The first-order chi connectivity index (χ1) is 12.5. The second kappa shape index (κ2) is 7.80. The zero-order valence-corrected chi connectivity index (χ0v) is 14.3. The molecule has 2 aromatic carbocycles. The van der Waals surface area contributed by atoms with Crippen LogP contribution in [0, 0.1) is 0 Å². The number of hydrogen-bond acceptors (Lipinski definition) is 5. The van der Waals surface area contributed by atoms with Crippen molar-refractivity contribution in [1.82, 2.24) is 0 Å². The van der Waals surface area contributed by atoms with Crippen LogP contribution in [0.5, 0.6) is 17.2 Å². The monoisotopic (exact) mass is 370 g/mol. The number of rotatable bonds is 6. The van der Waals surface area contributed by atoms with Crippen molar-refractivity contribution in [2.45, 2.75) is 6.61 Å². The lowest BCUT2D eigenvalue weighted by Crippen LogP contribution is -1.94. The molecule has 1 heterocycles. The van der Waals surface area contributed by atoms with E-state index in [9.17, 15) is 15.0 Å². The van der Waals surface area contributed by atoms with Crippen LogP contribution in [0.1, 0.15) is 21.9 Å². The third-order valence-electron chi connectivity index (χ3n) is 3.53. The molecule has 0 unspecified atom stereocenters. The van der Waals surface area contributed by atoms with E-state index in [-0.39, 0.29) is 23.7 Å². The van der Waals surface area contributed by atoms with E-state index >= 15 is 0 Å². The highest BCUT2D eigenvalue weighted by Gasteiger charge is 2.09. The van der Waals surface area contributed by atoms with Crippen LogP contribution in [0.3, 0.4) is 0 Å². The molecule has 1 aromatic heterocycles. The van der Waals surface area contributed by atoms with Crippen LogP contribution < -0.4 is 4.74 Å². The molecule has 0 aliphatic rings. The quantitative estimate of drug-likeness (QED) is 0.480. The minimum absolute atomic E-state index is 0.0906. The molecule has 5 nitrogen and oxygen atoms in total. The molecule has 3 rings (SSSR count). The number of ketones is 1. The van der Waals surface area contributed by atoms with Crippen molar-refractivity contribution >= 4 is 23.5 Å². The first-order valence-corrected chi connectivity index (χ1v) is 8.11. The molecule has 3 aromatic rings. The predicted octanol–water partition coefficient (Wildman–Crippen LogP) is 4.82. The number of ether oxygens (including phenoxy) is 1. The molecule has 0 amide bonds. The van der Waals surface area contributed by atoms with Crippen LogP contribution >= 0.6 is 11.6 Å². The van der Waals surface area contributed by atoms with E-state index < -0.39 is 5.78 Å². The number of furan rings is 1. The molecule has 0 radical (unpaired) electrons. The summed E-state index contributed by atoms with van der Waals surface area (Å²) in [4.78, 5) is 12.1. The Morgan fingerprint density at radius 2 is 1.92 bits per heavy atom. The molecular weight excluding hydrogens is 356 g/mol. The molecule has 0 saturated carbocycles. The molecule has 0 fully saturated rings. The number of para-hydroxylation sites is 1. The van der Waals surface area contributed by atoms with E-state index in [1.165, 1.54) is 24.3 Å². The highest BCUT2D eigenvalue weighted by atomic mass is 35.5. The molecule has 2 N–H and O–H groups in total. The van der Waals surface area contributed by atoms with Crippen molar-refractivity contribution < 1.29 is 24.2 Å². The average molecular weight is 371 g/mol. The van der Waals surface area contributed by atoms with Crippen molar-refractivity contribution in [3.63, 3.8) is 0 Å². The fourth-order valence-electron chi connectivity index (χ4n) is 2.25. The number of benzene rings is 2. The summed E-state index contributed by atoms with van der Waals surface area (Å²) in [7, 11) is 0. The van der Waals surface area contributed by atoms with Crippen molar-refractivity contribution in [3.8, 4) is 17.2 Å². The first-order valence-electron chi connectivity index (χ1n) is 7.73. The number of carbonyl (C=O) groups is 1. The van der Waals surface area contributed by atoms with E-state index in [0.717, 1.165) is 6.07 Å². The summed E-state index contributed by atoms with van der Waals surface area (Å²) in [6, 6.07) is 14.4. The molecular formula is C20H15ClO5. The number of allylic oxidation sites excluding steroid dienone is 1. The standard InChI is InChI=1S/C20H15ClO5/c21-17-3-1-2-4-20(17)25-12-15-7-6-14(26-15)8-10-18(23)16-9-5-13(22)11-19(16)24/h1-11,22,24H,12H2/b10-8+. The molecule has 0 saturated heterocycles. The van der Waals surface area contributed by atoms with Crippen LogP contribution in [0.25, 0.3) is 6.08 Å². The maximum Gasteiger partial charge on any atom is 0.189 e. The molecule has 6 heteroatoms. The summed E-state index contributed by atoms with van der Waals surface area (Å²) in [6.45, 7) is 0.199. The van der Waals surface area contributed by atoms with Gasteiger partial charge in [0.05, 0.1) is 10.6 Å². The first kappa shape index (κ1) is 17.6. The molecule has 0 aliphatic carbocycles. The fraction of sp³-hybridized carbons (Fsp3) is 0.0500. The molecule has 0 atom stereocenters. The Labute approximate surface area is 154 Å². The summed E-state index contributed by atoms with van der Waals surface area (Å²) in [5, 5.41) is 19.5. The Hall–Kier alpha value is -3.18. The fourth-order valence-corrected chi connectivity index (χ4v) is 2.44. The Morgan fingerprint density at radius 3 is 2.69 bits per heavy atom. The molecule has 0 bridgehead atoms. The number of hydrogen-bond donors (Lipinski definition) is 2. The zero-order valence-electron chi connectivity index (χ0n) is 13.6. The second-order valence-electron chi connectivity index (χ2n) is 5.42. The number of phenolic OH excluding ortho intramolecular Hbond substituents is 2. The van der Waals surface area contributed by atoms with Crippen molar-refractivity contribution in [1.29, 1.82) is 0 Å². The summed E-state index contributed by atoms with van der Waals surface area (Å²) < 4.78 is 11.2. The predicted molar refractivity (Wildman–Crippen MR) is 97.6 cm³/mol. The largest absolute Gasteiger partial charge is 0.508 e. The third kappa shape index (κ3) is 4.26. The number of phenols is 2. The van der Waals surface area contributed by atoms with Crippen LogP contribution in [0.2, 0.25) is 5.02 Å². The van der Waals surface area contributed by atoms with Crippen molar-refractivity contribution in [2.75, 3.05) is 0 Å². The lowest BCUT2D eigenvalue weighted by atomic mass is 10.1. The smallest absolute Gasteiger partial charge is 0.189 e. The van der Waals surface area contributed by atoms with Gasteiger partial charge < -0.3 is 19.4 Å². The third-order valence-corrected chi connectivity index (χ3v) is 3.85. The van der Waals surface area contributed by atoms with Gasteiger partial charge in [-0.2, -0.15) is 0 Å². The molecule has 132 valence electrons. The summed E-state index contributed by atoms with van der Waals surface area (Å²) in [5.74, 6) is 0.789. The van der Waals surface area contributed by atoms with Gasteiger partial charge in [0.25, 0.3) is 0 Å². The van der Waals surface area contributed by atoms with Crippen LogP contribution in [0.4, 0.5) is 0 Å². The zero-order chi connectivity index (χ0) is 18.5. The van der Waals surface area contributed by atoms with Gasteiger partial charge in [0.15, 0.2) is 5.78 Å². The molecule has 0 spiro atoms. The van der Waals surface area contributed by atoms with E-state index in [2.05, 4.69) is 0 Å². The normalized spacial score (nSPS) is 11.0. The second-order valence-corrected chi connectivity index (χ2v) is 5.83. The lowest BCUT2D eigenvalue weighted by molar-refractivity contribution is 0.104.